The molecule has 1 amide bonds. The molecule has 0 saturated heterocycles. The standard InChI is InChI=1S/C21H19Cl3N4O3S/c1-4-7-28-20(12-5-6-13(22)14(23)8-12)26-27-21(28)32-11-19(29)25-16-10-17(30-2)15(24)9-18(16)31-3/h4-6,8-10H,1,7,11H2,2-3H3,(H,25,29). The van der Waals surface area contributed by atoms with Gasteiger partial charge < -0.3 is 14.8 Å². The molecule has 0 radical (unpaired) electrons. The maximum atomic E-state index is 12.6. The van der Waals surface area contributed by atoms with Crippen LogP contribution in [0.4, 0.5) is 5.69 Å². The maximum absolute atomic E-state index is 12.6. The molecule has 0 aliphatic heterocycles. The van der Waals surface area contributed by atoms with Crippen LogP contribution >= 0.6 is 46.6 Å². The highest BCUT2D eigenvalue weighted by atomic mass is 35.5. The minimum absolute atomic E-state index is 0.0880. The molecule has 0 saturated carbocycles. The molecule has 2 aromatic carbocycles. The fourth-order valence-corrected chi connectivity index (χ4v) is 4.09. The zero-order valence-corrected chi connectivity index (χ0v) is 20.3. The van der Waals surface area contributed by atoms with Crippen LogP contribution in [0.5, 0.6) is 11.5 Å². The second-order valence-electron chi connectivity index (χ2n) is 6.36. The Labute approximate surface area is 204 Å². The van der Waals surface area contributed by atoms with E-state index in [9.17, 15) is 4.79 Å². The van der Waals surface area contributed by atoms with Crippen LogP contribution in [0.3, 0.4) is 0 Å². The first-order chi connectivity index (χ1) is 15.4. The Balaban J connectivity index is 1.77. The monoisotopic (exact) mass is 512 g/mol. The van der Waals surface area contributed by atoms with Crippen LogP contribution in [0, 0.1) is 0 Å². The molecular weight excluding hydrogens is 495 g/mol. The van der Waals surface area contributed by atoms with Gasteiger partial charge in [-0.1, -0.05) is 52.6 Å². The summed E-state index contributed by atoms with van der Waals surface area (Å²) in [5, 5.41) is 13.1. The number of ether oxygens (including phenoxy) is 2. The predicted molar refractivity (Wildman–Crippen MR) is 130 cm³/mol. The number of nitrogens with one attached hydrogen (secondary N) is 1. The first kappa shape index (κ1) is 24.3. The largest absolute Gasteiger partial charge is 0.495 e. The number of hydrogen-bond donors (Lipinski definition) is 1. The molecule has 0 bridgehead atoms. The van der Waals surface area contributed by atoms with Crippen molar-refractivity contribution in [2.24, 2.45) is 0 Å². The van der Waals surface area contributed by atoms with Gasteiger partial charge in [0.15, 0.2) is 11.0 Å². The highest BCUT2D eigenvalue weighted by molar-refractivity contribution is 7.99. The van der Waals surface area contributed by atoms with Gasteiger partial charge >= 0.3 is 0 Å². The molecule has 0 aliphatic carbocycles. The highest BCUT2D eigenvalue weighted by Gasteiger charge is 2.17. The number of benzene rings is 2. The lowest BCUT2D eigenvalue weighted by Crippen LogP contribution is -2.15. The Morgan fingerprint density at radius 2 is 1.84 bits per heavy atom. The molecule has 0 unspecified atom stereocenters. The van der Waals surface area contributed by atoms with Gasteiger partial charge in [0.05, 0.1) is 40.7 Å². The average Bonchev–Trinajstić information content (AvgIpc) is 3.18. The summed E-state index contributed by atoms with van der Waals surface area (Å²) < 4.78 is 12.3. The van der Waals surface area contributed by atoms with Crippen LogP contribution in [-0.2, 0) is 11.3 Å². The van der Waals surface area contributed by atoms with E-state index in [1.165, 1.54) is 26.0 Å². The predicted octanol–water partition coefficient (Wildman–Crippen LogP) is 5.84. The fraction of sp³-hybridized carbons (Fsp3) is 0.190. The summed E-state index contributed by atoms with van der Waals surface area (Å²) in [7, 11) is 2.98. The van der Waals surface area contributed by atoms with Crippen molar-refractivity contribution in [3.05, 3.63) is 58.1 Å². The van der Waals surface area contributed by atoms with E-state index in [4.69, 9.17) is 44.3 Å². The molecule has 0 aliphatic rings. The molecule has 1 heterocycles. The SMILES string of the molecule is C=CCn1c(SCC(=O)Nc2cc(OC)c(Cl)cc2OC)nnc1-c1ccc(Cl)c(Cl)c1. The summed E-state index contributed by atoms with van der Waals surface area (Å²) in [6.45, 7) is 4.24. The zero-order valence-electron chi connectivity index (χ0n) is 17.2. The number of aromatic nitrogens is 3. The van der Waals surface area contributed by atoms with Gasteiger partial charge in [-0.2, -0.15) is 0 Å². The number of allylic oxidation sites excluding steroid dienone is 1. The summed E-state index contributed by atoms with van der Waals surface area (Å²) in [6, 6.07) is 8.40. The third-order valence-electron chi connectivity index (χ3n) is 4.29. The van der Waals surface area contributed by atoms with Crippen molar-refractivity contribution in [3.63, 3.8) is 0 Å². The molecule has 0 spiro atoms. The molecule has 1 N–H and O–H groups in total. The minimum atomic E-state index is -0.262. The number of halogens is 3. The summed E-state index contributed by atoms with van der Waals surface area (Å²) in [5.74, 6) is 1.26. The van der Waals surface area contributed by atoms with Gasteiger partial charge in [0, 0.05) is 24.2 Å². The van der Waals surface area contributed by atoms with Crippen LogP contribution in [0.25, 0.3) is 11.4 Å². The van der Waals surface area contributed by atoms with Crippen molar-refractivity contribution in [1.29, 1.82) is 0 Å². The Kier molecular flexibility index (Phi) is 8.31. The number of amides is 1. The van der Waals surface area contributed by atoms with Gasteiger partial charge in [-0.25, -0.2) is 0 Å². The number of nitrogens with zero attached hydrogens (tertiary/aromatic N) is 3. The lowest BCUT2D eigenvalue weighted by molar-refractivity contribution is -0.113. The Hall–Kier alpha value is -2.39. The Morgan fingerprint density at radius 1 is 1.09 bits per heavy atom. The van der Waals surface area contributed by atoms with Crippen LogP contribution in [0.15, 0.2) is 48.1 Å². The van der Waals surface area contributed by atoms with Gasteiger partial charge in [-0.05, 0) is 18.2 Å². The molecule has 1 aromatic heterocycles. The third kappa shape index (κ3) is 5.50. The number of methoxy groups -OCH3 is 2. The summed E-state index contributed by atoms with van der Waals surface area (Å²) in [4.78, 5) is 12.6. The lowest BCUT2D eigenvalue weighted by atomic mass is 10.2. The Morgan fingerprint density at radius 3 is 2.50 bits per heavy atom. The first-order valence-corrected chi connectivity index (χ1v) is 11.3. The molecule has 32 heavy (non-hydrogen) atoms. The number of anilines is 1. The number of hydrogen-bond acceptors (Lipinski definition) is 6. The fourth-order valence-electron chi connectivity index (χ4n) is 2.81. The number of carbonyl (C=O) groups excluding carboxylic acids is 1. The van der Waals surface area contributed by atoms with E-state index in [1.807, 2.05) is 4.57 Å². The molecule has 3 rings (SSSR count). The molecular formula is C21H19Cl3N4O3S. The van der Waals surface area contributed by atoms with Crippen LogP contribution in [0.1, 0.15) is 0 Å². The van der Waals surface area contributed by atoms with Gasteiger partial charge in [-0.3, -0.25) is 9.36 Å². The summed E-state index contributed by atoms with van der Waals surface area (Å²) in [6.07, 6.45) is 1.72. The normalized spacial score (nSPS) is 10.7. The minimum Gasteiger partial charge on any atom is -0.495 e. The van der Waals surface area contributed by atoms with Crippen molar-refractivity contribution < 1.29 is 14.3 Å². The van der Waals surface area contributed by atoms with Crippen LogP contribution < -0.4 is 14.8 Å². The van der Waals surface area contributed by atoms with E-state index in [2.05, 4.69) is 22.1 Å². The molecule has 3 aromatic rings. The second-order valence-corrected chi connectivity index (χ2v) is 8.52. The van der Waals surface area contributed by atoms with E-state index in [0.29, 0.717) is 49.8 Å². The van der Waals surface area contributed by atoms with Gasteiger partial charge in [-0.15, -0.1) is 16.8 Å². The number of rotatable bonds is 9. The lowest BCUT2D eigenvalue weighted by Gasteiger charge is -2.13. The van der Waals surface area contributed by atoms with E-state index in [1.54, 1.807) is 36.4 Å². The van der Waals surface area contributed by atoms with Gasteiger partial charge in [0.1, 0.15) is 11.5 Å². The first-order valence-electron chi connectivity index (χ1n) is 9.21. The van der Waals surface area contributed by atoms with Gasteiger partial charge in [0.2, 0.25) is 5.91 Å². The Bertz CT molecular complexity index is 1150. The topological polar surface area (TPSA) is 78.3 Å². The third-order valence-corrected chi connectivity index (χ3v) is 6.29. The van der Waals surface area contributed by atoms with Crippen molar-refractivity contribution in [2.45, 2.75) is 11.7 Å². The van der Waals surface area contributed by atoms with Crippen molar-refractivity contribution in [3.8, 4) is 22.9 Å². The van der Waals surface area contributed by atoms with E-state index in [0.717, 1.165) is 5.56 Å². The number of thioether (sulfide) groups is 1. The maximum Gasteiger partial charge on any atom is 0.234 e. The smallest absolute Gasteiger partial charge is 0.234 e. The molecule has 168 valence electrons. The van der Waals surface area contributed by atoms with Crippen molar-refractivity contribution >= 4 is 58.2 Å². The quantitative estimate of drug-likeness (QED) is 0.286. The average molecular weight is 514 g/mol. The van der Waals surface area contributed by atoms with Gasteiger partial charge in [0.25, 0.3) is 0 Å². The van der Waals surface area contributed by atoms with Crippen molar-refractivity contribution in [2.75, 3.05) is 25.3 Å². The van der Waals surface area contributed by atoms with E-state index >= 15 is 0 Å². The van der Waals surface area contributed by atoms with Crippen LogP contribution in [0.2, 0.25) is 15.1 Å². The molecule has 0 atom stereocenters. The second kappa shape index (κ2) is 11.0. The molecule has 11 heteroatoms. The highest BCUT2D eigenvalue weighted by Crippen LogP contribution is 2.36. The van der Waals surface area contributed by atoms with E-state index in [-0.39, 0.29) is 11.7 Å². The zero-order chi connectivity index (χ0) is 23.3. The van der Waals surface area contributed by atoms with Crippen molar-refractivity contribution in [1.82, 2.24) is 14.8 Å². The van der Waals surface area contributed by atoms with E-state index < -0.39 is 0 Å². The molecule has 0 fully saturated rings. The summed E-state index contributed by atoms with van der Waals surface area (Å²) in [5.41, 5.74) is 1.20. The number of carbonyl (C=O) groups is 1. The van der Waals surface area contributed by atoms with Crippen LogP contribution in [-0.4, -0.2) is 40.6 Å². The molecule has 7 nitrogen and oxygen atoms in total. The summed E-state index contributed by atoms with van der Waals surface area (Å²) >= 11 is 19.5.